The molecule has 1 atom stereocenters. The minimum absolute atomic E-state index is 0.0568. The van der Waals surface area contributed by atoms with Crippen LogP contribution in [0, 0.1) is 0 Å². The van der Waals surface area contributed by atoms with Crippen LogP contribution < -0.4 is 5.73 Å². The van der Waals surface area contributed by atoms with Gasteiger partial charge in [0, 0.05) is 12.0 Å². The molecule has 1 aliphatic heterocycles. The third-order valence-corrected chi connectivity index (χ3v) is 2.98. The summed E-state index contributed by atoms with van der Waals surface area (Å²) in [6, 6.07) is 7.47. The Hall–Kier alpha value is -1.23. The lowest BCUT2D eigenvalue weighted by molar-refractivity contribution is -0.139. The van der Waals surface area contributed by atoms with E-state index in [4.69, 9.17) is 15.2 Å². The number of ether oxygens (including phenoxy) is 2. The van der Waals surface area contributed by atoms with Crippen molar-refractivity contribution in [2.45, 2.75) is 32.2 Å². The van der Waals surface area contributed by atoms with E-state index in [0.29, 0.717) is 25.1 Å². The second kappa shape index (κ2) is 5.18. The smallest absolute Gasteiger partial charge is 0.164 e. The van der Waals surface area contributed by atoms with E-state index in [1.807, 2.05) is 38.1 Å². The molecule has 1 heterocycles. The van der Waals surface area contributed by atoms with Crippen molar-refractivity contribution in [2.75, 3.05) is 13.2 Å². The fourth-order valence-corrected chi connectivity index (χ4v) is 2.01. The highest BCUT2D eigenvalue weighted by molar-refractivity contribution is 5.96. The van der Waals surface area contributed by atoms with E-state index in [-0.39, 0.29) is 11.9 Å². The third kappa shape index (κ3) is 2.96. The van der Waals surface area contributed by atoms with Gasteiger partial charge >= 0.3 is 0 Å². The van der Waals surface area contributed by atoms with Crippen molar-refractivity contribution in [2.24, 2.45) is 5.73 Å². The van der Waals surface area contributed by atoms with Crippen LogP contribution in [0.2, 0.25) is 0 Å². The normalized spacial score (nSPS) is 22.1. The van der Waals surface area contributed by atoms with Gasteiger partial charge in [-0.25, -0.2) is 0 Å². The third-order valence-electron chi connectivity index (χ3n) is 2.98. The van der Waals surface area contributed by atoms with Gasteiger partial charge in [-0.3, -0.25) is 4.79 Å². The van der Waals surface area contributed by atoms with Crippen LogP contribution in [0.4, 0.5) is 0 Å². The fourth-order valence-electron chi connectivity index (χ4n) is 2.01. The zero-order valence-corrected chi connectivity index (χ0v) is 10.8. The molecule has 2 N–H and O–H groups in total. The number of benzene rings is 1. The van der Waals surface area contributed by atoms with E-state index in [1.54, 1.807) is 0 Å². The molecule has 4 heteroatoms. The summed E-state index contributed by atoms with van der Waals surface area (Å²) in [7, 11) is 0. The SMILES string of the molecule is CC1(C)OCC(c2ccc(C(=O)CCN)cc2)O1. The largest absolute Gasteiger partial charge is 0.347 e. The predicted molar refractivity (Wildman–Crippen MR) is 68.3 cm³/mol. The molecule has 0 aromatic heterocycles. The highest BCUT2D eigenvalue weighted by Gasteiger charge is 2.33. The number of ketones is 1. The Morgan fingerprint density at radius 2 is 2.06 bits per heavy atom. The maximum Gasteiger partial charge on any atom is 0.164 e. The number of Topliss-reactive ketones (excluding diaryl/α,β-unsaturated/α-hetero) is 1. The zero-order valence-electron chi connectivity index (χ0n) is 10.8. The molecule has 0 saturated carbocycles. The first-order valence-corrected chi connectivity index (χ1v) is 6.17. The molecule has 1 aromatic rings. The molecule has 98 valence electrons. The molecule has 1 unspecified atom stereocenters. The highest BCUT2D eigenvalue weighted by Crippen LogP contribution is 2.32. The van der Waals surface area contributed by atoms with Gasteiger partial charge < -0.3 is 15.2 Å². The Morgan fingerprint density at radius 3 is 2.56 bits per heavy atom. The lowest BCUT2D eigenvalue weighted by atomic mass is 10.0. The van der Waals surface area contributed by atoms with Gasteiger partial charge in [0.25, 0.3) is 0 Å². The van der Waals surface area contributed by atoms with Gasteiger partial charge in [-0.1, -0.05) is 24.3 Å². The molecule has 0 amide bonds. The summed E-state index contributed by atoms with van der Waals surface area (Å²) < 4.78 is 11.3. The van der Waals surface area contributed by atoms with Gasteiger partial charge in [0.05, 0.1) is 6.61 Å². The van der Waals surface area contributed by atoms with E-state index in [9.17, 15) is 4.79 Å². The maximum atomic E-state index is 11.6. The van der Waals surface area contributed by atoms with E-state index < -0.39 is 5.79 Å². The monoisotopic (exact) mass is 249 g/mol. The number of carbonyl (C=O) groups is 1. The maximum absolute atomic E-state index is 11.6. The number of nitrogens with two attached hydrogens (primary N) is 1. The van der Waals surface area contributed by atoms with Crippen LogP contribution in [0.5, 0.6) is 0 Å². The van der Waals surface area contributed by atoms with Crippen LogP contribution in [0.3, 0.4) is 0 Å². The second-order valence-electron chi connectivity index (χ2n) is 4.90. The summed E-state index contributed by atoms with van der Waals surface area (Å²) in [5, 5.41) is 0. The van der Waals surface area contributed by atoms with E-state index in [1.165, 1.54) is 0 Å². The Labute approximate surface area is 107 Å². The highest BCUT2D eigenvalue weighted by atomic mass is 16.7. The average molecular weight is 249 g/mol. The van der Waals surface area contributed by atoms with Gasteiger partial charge in [-0.05, 0) is 26.0 Å². The Bertz CT molecular complexity index is 425. The van der Waals surface area contributed by atoms with Crippen LogP contribution in [-0.2, 0) is 9.47 Å². The molecule has 2 rings (SSSR count). The fraction of sp³-hybridized carbons (Fsp3) is 0.500. The van der Waals surface area contributed by atoms with E-state index in [0.717, 1.165) is 5.56 Å². The minimum atomic E-state index is -0.529. The Morgan fingerprint density at radius 1 is 1.39 bits per heavy atom. The molecular weight excluding hydrogens is 230 g/mol. The van der Waals surface area contributed by atoms with Crippen molar-refractivity contribution in [3.63, 3.8) is 0 Å². The number of carbonyl (C=O) groups excluding carboxylic acids is 1. The summed E-state index contributed by atoms with van der Waals surface area (Å²) in [6.45, 7) is 4.72. The Balaban J connectivity index is 2.06. The summed E-state index contributed by atoms with van der Waals surface area (Å²) in [6.07, 6.45) is 0.328. The lowest BCUT2D eigenvalue weighted by Gasteiger charge is -2.17. The van der Waals surface area contributed by atoms with Gasteiger partial charge in [0.15, 0.2) is 11.6 Å². The first kappa shape index (κ1) is 13.2. The molecule has 0 spiro atoms. The van der Waals surface area contributed by atoms with Crippen LogP contribution >= 0.6 is 0 Å². The van der Waals surface area contributed by atoms with Gasteiger partial charge in [-0.2, -0.15) is 0 Å². The summed E-state index contributed by atoms with van der Waals surface area (Å²) >= 11 is 0. The summed E-state index contributed by atoms with van der Waals surface area (Å²) in [4.78, 5) is 11.6. The Kier molecular flexibility index (Phi) is 3.80. The topological polar surface area (TPSA) is 61.5 Å². The van der Waals surface area contributed by atoms with Crippen molar-refractivity contribution < 1.29 is 14.3 Å². The first-order chi connectivity index (χ1) is 8.52. The molecular formula is C14H19NO3. The molecule has 1 aromatic carbocycles. The number of hydrogen-bond donors (Lipinski definition) is 1. The van der Waals surface area contributed by atoms with Crippen molar-refractivity contribution in [3.8, 4) is 0 Å². The van der Waals surface area contributed by atoms with Crippen LogP contribution in [0.15, 0.2) is 24.3 Å². The first-order valence-electron chi connectivity index (χ1n) is 6.17. The van der Waals surface area contributed by atoms with Crippen LogP contribution in [-0.4, -0.2) is 24.7 Å². The molecule has 0 radical (unpaired) electrons. The quantitative estimate of drug-likeness (QED) is 0.829. The van der Waals surface area contributed by atoms with Gasteiger partial charge in [0.1, 0.15) is 6.10 Å². The zero-order chi connectivity index (χ0) is 13.2. The predicted octanol–water partition coefficient (Wildman–Crippen LogP) is 2.04. The molecule has 0 aliphatic carbocycles. The molecule has 1 fully saturated rings. The molecule has 1 aliphatic rings. The van der Waals surface area contributed by atoms with Gasteiger partial charge in [-0.15, -0.1) is 0 Å². The molecule has 18 heavy (non-hydrogen) atoms. The van der Waals surface area contributed by atoms with Crippen LogP contribution in [0.1, 0.15) is 42.3 Å². The van der Waals surface area contributed by atoms with Crippen LogP contribution in [0.25, 0.3) is 0 Å². The van der Waals surface area contributed by atoms with E-state index in [2.05, 4.69) is 0 Å². The van der Waals surface area contributed by atoms with Crippen molar-refractivity contribution in [3.05, 3.63) is 35.4 Å². The van der Waals surface area contributed by atoms with E-state index >= 15 is 0 Å². The van der Waals surface area contributed by atoms with Gasteiger partial charge in [0.2, 0.25) is 0 Å². The lowest BCUT2D eigenvalue weighted by Crippen LogP contribution is -2.19. The molecule has 0 bridgehead atoms. The number of hydrogen-bond acceptors (Lipinski definition) is 4. The van der Waals surface area contributed by atoms with Crippen molar-refractivity contribution in [1.82, 2.24) is 0 Å². The average Bonchev–Trinajstić information content (AvgIpc) is 2.70. The molecule has 4 nitrogen and oxygen atoms in total. The van der Waals surface area contributed by atoms with Crippen molar-refractivity contribution in [1.29, 1.82) is 0 Å². The molecule has 1 saturated heterocycles. The summed E-state index contributed by atoms with van der Waals surface area (Å²) in [5.74, 6) is -0.452. The van der Waals surface area contributed by atoms with Crippen molar-refractivity contribution >= 4 is 5.78 Å². The minimum Gasteiger partial charge on any atom is -0.347 e. The second-order valence-corrected chi connectivity index (χ2v) is 4.90. The number of rotatable bonds is 4. The standard InChI is InChI=1S/C14H19NO3/c1-14(2)17-9-13(18-14)11-5-3-10(4-6-11)12(16)7-8-15/h3-6,13H,7-9,15H2,1-2H3. The summed E-state index contributed by atoms with van der Waals surface area (Å²) in [5.41, 5.74) is 7.10.